The average Bonchev–Trinajstić information content (AvgIpc) is 2.37. The number of rotatable bonds is 4. The largest absolute Gasteiger partial charge is 0.387 e. The molecule has 0 bridgehead atoms. The molecule has 2 nitrogen and oxygen atoms in total. The molecule has 2 unspecified atom stereocenters. The van der Waals surface area contributed by atoms with E-state index in [0.717, 1.165) is 22.9 Å². The van der Waals surface area contributed by atoms with Crippen LogP contribution in [0.25, 0.3) is 0 Å². The summed E-state index contributed by atoms with van der Waals surface area (Å²) in [4.78, 5) is 0. The summed E-state index contributed by atoms with van der Waals surface area (Å²) < 4.78 is 1.01. The lowest BCUT2D eigenvalue weighted by Crippen LogP contribution is -2.33. The molecule has 0 aliphatic heterocycles. The highest BCUT2D eigenvalue weighted by molar-refractivity contribution is 9.10. The van der Waals surface area contributed by atoms with Crippen molar-refractivity contribution in [2.75, 3.05) is 6.54 Å². The fourth-order valence-electron chi connectivity index (χ4n) is 2.09. The van der Waals surface area contributed by atoms with Crippen LogP contribution in [0, 0.1) is 0 Å². The zero-order valence-corrected chi connectivity index (χ0v) is 11.4. The van der Waals surface area contributed by atoms with Crippen LogP contribution in [0.5, 0.6) is 0 Å². The lowest BCUT2D eigenvalue weighted by atomic mass is 10.0. The molecule has 2 N–H and O–H groups in total. The van der Waals surface area contributed by atoms with Gasteiger partial charge in [-0.1, -0.05) is 40.2 Å². The van der Waals surface area contributed by atoms with Gasteiger partial charge in [-0.3, -0.25) is 0 Å². The van der Waals surface area contributed by atoms with Crippen molar-refractivity contribution in [3.05, 3.63) is 46.5 Å². The van der Waals surface area contributed by atoms with Crippen LogP contribution < -0.4 is 5.32 Å². The molecule has 0 saturated heterocycles. The predicted molar refractivity (Wildman–Crippen MR) is 73.9 cm³/mol. The number of aliphatic hydroxyl groups excluding tert-OH is 1. The molecule has 1 aliphatic rings. The number of aliphatic hydroxyl groups is 1. The predicted octanol–water partition coefficient (Wildman–Crippen LogP) is 3.18. The molecule has 2 rings (SSSR count). The number of allylic oxidation sites excluding steroid dienone is 1. The van der Waals surface area contributed by atoms with Gasteiger partial charge in [0, 0.05) is 17.1 Å². The third kappa shape index (κ3) is 3.95. The molecule has 0 spiro atoms. The third-order valence-corrected chi connectivity index (χ3v) is 3.60. The van der Waals surface area contributed by atoms with E-state index in [1.54, 1.807) is 0 Å². The third-order valence-electron chi connectivity index (χ3n) is 3.10. The molecule has 2 atom stereocenters. The molecule has 0 saturated carbocycles. The maximum atomic E-state index is 10.1. The van der Waals surface area contributed by atoms with Crippen LogP contribution in [0.1, 0.15) is 30.9 Å². The van der Waals surface area contributed by atoms with Crippen molar-refractivity contribution in [2.45, 2.75) is 31.4 Å². The molecule has 0 fully saturated rings. The SMILES string of the molecule is OC(CNC1CC=CCC1)c1cccc(Br)c1. The first-order valence-corrected chi connectivity index (χ1v) is 6.87. The Morgan fingerprint density at radius 1 is 1.41 bits per heavy atom. The fraction of sp³-hybridized carbons (Fsp3) is 0.429. The highest BCUT2D eigenvalue weighted by atomic mass is 79.9. The van der Waals surface area contributed by atoms with E-state index in [2.05, 4.69) is 33.4 Å². The number of nitrogens with one attached hydrogen (secondary N) is 1. The Bertz CT molecular complexity index is 392. The summed E-state index contributed by atoms with van der Waals surface area (Å²) in [5.41, 5.74) is 0.957. The molecule has 0 aromatic heterocycles. The van der Waals surface area contributed by atoms with Crippen molar-refractivity contribution in [2.24, 2.45) is 0 Å². The Hall–Kier alpha value is -0.640. The van der Waals surface area contributed by atoms with E-state index in [-0.39, 0.29) is 0 Å². The maximum absolute atomic E-state index is 10.1. The first-order chi connectivity index (χ1) is 8.25. The zero-order chi connectivity index (χ0) is 12.1. The average molecular weight is 296 g/mol. The minimum Gasteiger partial charge on any atom is -0.387 e. The summed E-state index contributed by atoms with van der Waals surface area (Å²) >= 11 is 3.42. The minimum atomic E-state index is -0.432. The van der Waals surface area contributed by atoms with Crippen molar-refractivity contribution < 1.29 is 5.11 Å². The molecular formula is C14H18BrNO. The van der Waals surface area contributed by atoms with E-state index >= 15 is 0 Å². The lowest BCUT2D eigenvalue weighted by Gasteiger charge is -2.21. The fourth-order valence-corrected chi connectivity index (χ4v) is 2.51. The molecule has 0 amide bonds. The van der Waals surface area contributed by atoms with Crippen LogP contribution in [0.3, 0.4) is 0 Å². The van der Waals surface area contributed by atoms with Gasteiger partial charge >= 0.3 is 0 Å². The van der Waals surface area contributed by atoms with Crippen molar-refractivity contribution in [3.63, 3.8) is 0 Å². The molecule has 92 valence electrons. The Morgan fingerprint density at radius 3 is 3.00 bits per heavy atom. The van der Waals surface area contributed by atoms with E-state index in [1.165, 1.54) is 6.42 Å². The summed E-state index contributed by atoms with van der Waals surface area (Å²) in [5, 5.41) is 13.5. The maximum Gasteiger partial charge on any atom is 0.0914 e. The second kappa shape index (κ2) is 6.34. The number of benzene rings is 1. The van der Waals surface area contributed by atoms with Crippen molar-refractivity contribution in [3.8, 4) is 0 Å². The van der Waals surface area contributed by atoms with E-state index < -0.39 is 6.10 Å². The van der Waals surface area contributed by atoms with Gasteiger partial charge in [0.2, 0.25) is 0 Å². The van der Waals surface area contributed by atoms with Gasteiger partial charge in [0.1, 0.15) is 0 Å². The van der Waals surface area contributed by atoms with Crippen LogP contribution in [-0.2, 0) is 0 Å². The van der Waals surface area contributed by atoms with Gasteiger partial charge in [-0.15, -0.1) is 0 Å². The highest BCUT2D eigenvalue weighted by Gasteiger charge is 2.12. The summed E-state index contributed by atoms with van der Waals surface area (Å²) in [6.45, 7) is 0.620. The first-order valence-electron chi connectivity index (χ1n) is 6.07. The molecule has 1 aliphatic carbocycles. The summed E-state index contributed by atoms with van der Waals surface area (Å²) in [5.74, 6) is 0. The Morgan fingerprint density at radius 2 is 2.29 bits per heavy atom. The summed E-state index contributed by atoms with van der Waals surface area (Å²) in [6, 6.07) is 8.36. The smallest absolute Gasteiger partial charge is 0.0914 e. The second-order valence-electron chi connectivity index (χ2n) is 4.46. The molecular weight excluding hydrogens is 278 g/mol. The molecule has 17 heavy (non-hydrogen) atoms. The number of hydrogen-bond acceptors (Lipinski definition) is 2. The first kappa shape index (κ1) is 12.8. The molecule has 3 heteroatoms. The van der Waals surface area contributed by atoms with Gasteiger partial charge in [-0.25, -0.2) is 0 Å². The van der Waals surface area contributed by atoms with Crippen LogP contribution >= 0.6 is 15.9 Å². The second-order valence-corrected chi connectivity index (χ2v) is 5.38. The van der Waals surface area contributed by atoms with Gasteiger partial charge in [0.05, 0.1) is 6.10 Å². The normalized spacial score (nSPS) is 21.4. The Labute approximate surface area is 111 Å². The summed E-state index contributed by atoms with van der Waals surface area (Å²) in [6.07, 6.45) is 7.39. The quantitative estimate of drug-likeness (QED) is 0.836. The van der Waals surface area contributed by atoms with Crippen molar-refractivity contribution in [1.29, 1.82) is 0 Å². The van der Waals surface area contributed by atoms with E-state index in [1.807, 2.05) is 24.3 Å². The standard InChI is InChI=1S/C14H18BrNO/c15-12-6-4-5-11(9-12)14(17)10-16-13-7-2-1-3-8-13/h1-2,4-6,9,13-14,16-17H,3,7-8,10H2. The van der Waals surface area contributed by atoms with Crippen molar-refractivity contribution >= 4 is 15.9 Å². The van der Waals surface area contributed by atoms with Gasteiger partial charge < -0.3 is 10.4 Å². The monoisotopic (exact) mass is 295 g/mol. The summed E-state index contributed by atoms with van der Waals surface area (Å²) in [7, 11) is 0. The van der Waals surface area contributed by atoms with Crippen LogP contribution in [-0.4, -0.2) is 17.7 Å². The van der Waals surface area contributed by atoms with Crippen LogP contribution in [0.15, 0.2) is 40.9 Å². The van der Waals surface area contributed by atoms with Crippen molar-refractivity contribution in [1.82, 2.24) is 5.32 Å². The van der Waals surface area contributed by atoms with Gasteiger partial charge in [-0.05, 0) is 37.0 Å². The molecule has 0 radical (unpaired) electrons. The molecule has 1 aromatic rings. The number of hydrogen-bond donors (Lipinski definition) is 2. The van der Waals surface area contributed by atoms with E-state index in [9.17, 15) is 5.11 Å². The highest BCUT2D eigenvalue weighted by Crippen LogP contribution is 2.18. The lowest BCUT2D eigenvalue weighted by molar-refractivity contribution is 0.168. The number of halogens is 1. The molecule has 0 heterocycles. The van der Waals surface area contributed by atoms with Gasteiger partial charge in [0.15, 0.2) is 0 Å². The Kier molecular flexibility index (Phi) is 4.77. The van der Waals surface area contributed by atoms with E-state index in [4.69, 9.17) is 0 Å². The van der Waals surface area contributed by atoms with Gasteiger partial charge in [0.25, 0.3) is 0 Å². The Balaban J connectivity index is 1.84. The van der Waals surface area contributed by atoms with Crippen LogP contribution in [0.2, 0.25) is 0 Å². The van der Waals surface area contributed by atoms with E-state index in [0.29, 0.717) is 12.6 Å². The minimum absolute atomic E-state index is 0.432. The van der Waals surface area contributed by atoms with Gasteiger partial charge in [-0.2, -0.15) is 0 Å². The van der Waals surface area contributed by atoms with Crippen LogP contribution in [0.4, 0.5) is 0 Å². The topological polar surface area (TPSA) is 32.3 Å². The molecule has 1 aromatic carbocycles. The zero-order valence-electron chi connectivity index (χ0n) is 9.77.